The zero-order valence-electron chi connectivity index (χ0n) is 13.7. The van der Waals surface area contributed by atoms with Crippen molar-refractivity contribution in [2.45, 2.75) is 4.90 Å². The minimum Gasteiger partial charge on any atom is -0.322 e. The van der Waals surface area contributed by atoms with Crippen LogP contribution in [0.3, 0.4) is 0 Å². The van der Waals surface area contributed by atoms with E-state index in [1.807, 2.05) is 48.7 Å². The van der Waals surface area contributed by atoms with Crippen molar-refractivity contribution in [2.75, 3.05) is 11.6 Å². The molecule has 3 aromatic rings. The maximum absolute atomic E-state index is 12.7. The van der Waals surface area contributed by atoms with Gasteiger partial charge in [-0.3, -0.25) is 9.59 Å². The summed E-state index contributed by atoms with van der Waals surface area (Å²) >= 11 is 1.61. The summed E-state index contributed by atoms with van der Waals surface area (Å²) in [5.41, 5.74) is 2.03. The maximum atomic E-state index is 12.7. The number of ketones is 1. The van der Waals surface area contributed by atoms with Crippen molar-refractivity contribution in [3.05, 3.63) is 95.6 Å². The van der Waals surface area contributed by atoms with E-state index >= 15 is 0 Å². The summed E-state index contributed by atoms with van der Waals surface area (Å²) in [5.74, 6) is -0.456. The summed E-state index contributed by atoms with van der Waals surface area (Å²) in [6, 6.07) is 23.5. The number of nitrogens with one attached hydrogen (secondary N) is 1. The van der Waals surface area contributed by atoms with Crippen LogP contribution in [0.5, 0.6) is 0 Å². The highest BCUT2D eigenvalue weighted by Gasteiger charge is 2.18. The first kappa shape index (κ1) is 17.0. The summed E-state index contributed by atoms with van der Waals surface area (Å²) < 4.78 is 0. The lowest BCUT2D eigenvalue weighted by Gasteiger charge is -2.10. The molecule has 0 aromatic heterocycles. The van der Waals surface area contributed by atoms with Gasteiger partial charge in [-0.05, 0) is 30.5 Å². The molecule has 4 heteroatoms. The molecule has 1 N–H and O–H groups in total. The molecule has 3 aromatic carbocycles. The van der Waals surface area contributed by atoms with Crippen molar-refractivity contribution in [3.63, 3.8) is 0 Å². The van der Waals surface area contributed by atoms with Crippen molar-refractivity contribution < 1.29 is 9.59 Å². The van der Waals surface area contributed by atoms with Crippen molar-refractivity contribution in [1.82, 2.24) is 0 Å². The zero-order valence-corrected chi connectivity index (χ0v) is 14.5. The van der Waals surface area contributed by atoms with E-state index in [1.54, 1.807) is 48.2 Å². The van der Waals surface area contributed by atoms with Gasteiger partial charge in [0, 0.05) is 21.7 Å². The molecule has 0 aliphatic heterocycles. The van der Waals surface area contributed by atoms with Crippen molar-refractivity contribution >= 4 is 29.1 Å². The topological polar surface area (TPSA) is 46.2 Å². The van der Waals surface area contributed by atoms with Gasteiger partial charge in [-0.1, -0.05) is 54.6 Å². The molecule has 0 heterocycles. The number of rotatable bonds is 5. The molecule has 3 rings (SSSR count). The van der Waals surface area contributed by atoms with Crippen molar-refractivity contribution in [3.8, 4) is 0 Å². The normalized spacial score (nSPS) is 10.3. The van der Waals surface area contributed by atoms with E-state index in [0.717, 1.165) is 4.90 Å². The van der Waals surface area contributed by atoms with E-state index in [1.165, 1.54) is 0 Å². The predicted octanol–water partition coefficient (Wildman–Crippen LogP) is 4.89. The number of benzene rings is 3. The fourth-order valence-electron chi connectivity index (χ4n) is 2.52. The van der Waals surface area contributed by atoms with Crippen LogP contribution >= 0.6 is 11.8 Å². The summed E-state index contributed by atoms with van der Waals surface area (Å²) in [4.78, 5) is 26.5. The molecule has 25 heavy (non-hydrogen) atoms. The maximum Gasteiger partial charge on any atom is 0.256 e. The fraction of sp³-hybridized carbons (Fsp3) is 0.0476. The largest absolute Gasteiger partial charge is 0.322 e. The Morgan fingerprint density at radius 3 is 2.20 bits per heavy atom. The molecular formula is C21H17NO2S. The molecular weight excluding hydrogens is 330 g/mol. The first-order valence-electron chi connectivity index (χ1n) is 7.83. The van der Waals surface area contributed by atoms with Crippen LogP contribution in [0.15, 0.2) is 83.8 Å². The number of anilines is 1. The fourth-order valence-corrected chi connectivity index (χ4v) is 2.98. The lowest BCUT2D eigenvalue weighted by Crippen LogP contribution is -2.17. The van der Waals surface area contributed by atoms with Gasteiger partial charge in [-0.15, -0.1) is 11.8 Å². The van der Waals surface area contributed by atoms with E-state index in [-0.39, 0.29) is 11.7 Å². The minimum atomic E-state index is -0.293. The number of thioether (sulfide) groups is 1. The van der Waals surface area contributed by atoms with Crippen LogP contribution < -0.4 is 5.32 Å². The van der Waals surface area contributed by atoms with Crippen LogP contribution in [-0.4, -0.2) is 17.9 Å². The van der Waals surface area contributed by atoms with Gasteiger partial charge >= 0.3 is 0 Å². The van der Waals surface area contributed by atoms with Gasteiger partial charge in [-0.25, -0.2) is 0 Å². The Morgan fingerprint density at radius 2 is 1.48 bits per heavy atom. The third kappa shape index (κ3) is 3.98. The van der Waals surface area contributed by atoms with Gasteiger partial charge in [0.05, 0.1) is 5.56 Å². The van der Waals surface area contributed by atoms with Crippen molar-refractivity contribution in [2.24, 2.45) is 0 Å². The monoisotopic (exact) mass is 347 g/mol. The Balaban J connectivity index is 1.90. The number of hydrogen-bond acceptors (Lipinski definition) is 3. The second-order valence-electron chi connectivity index (χ2n) is 5.43. The van der Waals surface area contributed by atoms with Gasteiger partial charge in [0.2, 0.25) is 0 Å². The Morgan fingerprint density at radius 1 is 0.800 bits per heavy atom. The molecule has 0 radical (unpaired) electrons. The van der Waals surface area contributed by atoms with Crippen LogP contribution in [-0.2, 0) is 0 Å². The molecule has 0 spiro atoms. The van der Waals surface area contributed by atoms with Gasteiger partial charge in [0.25, 0.3) is 5.91 Å². The average Bonchev–Trinajstić information content (AvgIpc) is 2.68. The molecule has 0 aliphatic carbocycles. The molecule has 0 atom stereocenters. The third-order valence-electron chi connectivity index (χ3n) is 3.78. The molecule has 0 unspecified atom stereocenters. The summed E-state index contributed by atoms with van der Waals surface area (Å²) in [7, 11) is 0. The lowest BCUT2D eigenvalue weighted by molar-refractivity contribution is 0.0996. The molecule has 0 saturated carbocycles. The highest BCUT2D eigenvalue weighted by atomic mass is 32.2. The van der Waals surface area contributed by atoms with E-state index in [2.05, 4.69) is 5.32 Å². The van der Waals surface area contributed by atoms with Crippen molar-refractivity contribution in [1.29, 1.82) is 0 Å². The van der Waals surface area contributed by atoms with Crippen LogP contribution in [0.2, 0.25) is 0 Å². The predicted molar refractivity (Wildman–Crippen MR) is 102 cm³/mol. The van der Waals surface area contributed by atoms with E-state index in [9.17, 15) is 9.59 Å². The Kier molecular flexibility index (Phi) is 5.31. The molecule has 1 amide bonds. The quantitative estimate of drug-likeness (QED) is 0.528. The number of hydrogen-bond donors (Lipinski definition) is 1. The lowest BCUT2D eigenvalue weighted by atomic mass is 9.98. The van der Waals surface area contributed by atoms with E-state index in [0.29, 0.717) is 22.4 Å². The Hall–Kier alpha value is -2.85. The highest BCUT2D eigenvalue weighted by Crippen LogP contribution is 2.21. The number of carbonyl (C=O) groups is 2. The number of amides is 1. The third-order valence-corrected chi connectivity index (χ3v) is 4.51. The van der Waals surface area contributed by atoms with Gasteiger partial charge in [-0.2, -0.15) is 0 Å². The van der Waals surface area contributed by atoms with E-state index < -0.39 is 0 Å². The average molecular weight is 347 g/mol. The van der Waals surface area contributed by atoms with Crippen LogP contribution in [0.25, 0.3) is 0 Å². The molecule has 124 valence electrons. The van der Waals surface area contributed by atoms with Crippen LogP contribution in [0.1, 0.15) is 26.3 Å². The Labute approximate surface area is 151 Å². The first-order valence-corrected chi connectivity index (χ1v) is 9.05. The van der Waals surface area contributed by atoms with Gasteiger partial charge in [0.1, 0.15) is 0 Å². The second-order valence-corrected chi connectivity index (χ2v) is 6.31. The van der Waals surface area contributed by atoms with Crippen LogP contribution in [0, 0.1) is 0 Å². The molecule has 0 aliphatic rings. The Bertz CT molecular complexity index is 907. The second kappa shape index (κ2) is 7.81. The van der Waals surface area contributed by atoms with Gasteiger partial charge in [0.15, 0.2) is 5.78 Å². The SMILES string of the molecule is CSc1cccc(NC(=O)c2ccccc2C(=O)c2ccccc2)c1. The smallest absolute Gasteiger partial charge is 0.256 e. The summed E-state index contributed by atoms with van der Waals surface area (Å²) in [6.45, 7) is 0. The zero-order chi connectivity index (χ0) is 17.6. The van der Waals surface area contributed by atoms with Crippen LogP contribution in [0.4, 0.5) is 5.69 Å². The summed E-state index contributed by atoms with van der Waals surface area (Å²) in [6.07, 6.45) is 1.98. The standard InChI is InChI=1S/C21H17NO2S/c1-25-17-11-7-10-16(14-17)22-21(24)19-13-6-5-12-18(19)20(23)15-8-3-2-4-9-15/h2-14H,1H3,(H,22,24). The first-order chi connectivity index (χ1) is 12.2. The minimum absolute atomic E-state index is 0.163. The number of carbonyl (C=O) groups excluding carboxylic acids is 2. The molecule has 0 fully saturated rings. The van der Waals surface area contributed by atoms with E-state index in [4.69, 9.17) is 0 Å². The molecule has 3 nitrogen and oxygen atoms in total. The van der Waals surface area contributed by atoms with Gasteiger partial charge < -0.3 is 5.32 Å². The highest BCUT2D eigenvalue weighted by molar-refractivity contribution is 7.98. The molecule has 0 saturated heterocycles. The molecule has 0 bridgehead atoms. The summed E-state index contributed by atoms with van der Waals surface area (Å²) in [5, 5.41) is 2.88.